The predicted octanol–water partition coefficient (Wildman–Crippen LogP) is 2.16. The molecule has 1 fully saturated rings. The van der Waals surface area contributed by atoms with Gasteiger partial charge in [-0.3, -0.25) is 4.90 Å². The molecule has 1 aromatic carbocycles. The molecule has 2 unspecified atom stereocenters. The molecule has 1 aromatic rings. The molecule has 2 atom stereocenters. The van der Waals surface area contributed by atoms with Crippen LogP contribution in [0, 0.1) is 6.92 Å². The standard InChI is InChI=1S/C11H15N/c1-9-6-4-5-7-10(9)11(2)8-12(11)3/h4-7H,8H2,1-3H3. The van der Waals surface area contributed by atoms with E-state index in [-0.39, 0.29) is 0 Å². The number of aryl methyl sites for hydroxylation is 1. The minimum Gasteiger partial charge on any atom is -0.294 e. The zero-order valence-corrected chi connectivity index (χ0v) is 7.96. The Morgan fingerprint density at radius 3 is 2.42 bits per heavy atom. The summed E-state index contributed by atoms with van der Waals surface area (Å²) in [6.45, 7) is 5.68. The average Bonchev–Trinajstić information content (AvgIpc) is 2.61. The summed E-state index contributed by atoms with van der Waals surface area (Å²) < 4.78 is 0. The SMILES string of the molecule is Cc1ccccc1C1(C)CN1C. The van der Waals surface area contributed by atoms with Crippen LogP contribution in [0.25, 0.3) is 0 Å². The van der Waals surface area contributed by atoms with Crippen molar-refractivity contribution in [2.24, 2.45) is 0 Å². The molecule has 0 radical (unpaired) electrons. The van der Waals surface area contributed by atoms with Gasteiger partial charge in [0.25, 0.3) is 0 Å². The van der Waals surface area contributed by atoms with E-state index in [1.807, 2.05) is 0 Å². The molecular weight excluding hydrogens is 146 g/mol. The highest BCUT2D eigenvalue weighted by atomic mass is 15.3. The monoisotopic (exact) mass is 161 g/mol. The lowest BCUT2D eigenvalue weighted by atomic mass is 9.96. The molecule has 1 aliphatic heterocycles. The van der Waals surface area contributed by atoms with Crippen LogP contribution in [0.2, 0.25) is 0 Å². The normalized spacial score (nSPS) is 33.4. The first-order valence-electron chi connectivity index (χ1n) is 4.42. The number of hydrogen-bond acceptors (Lipinski definition) is 1. The van der Waals surface area contributed by atoms with Gasteiger partial charge in [-0.1, -0.05) is 24.3 Å². The molecule has 0 N–H and O–H groups in total. The molecule has 2 rings (SSSR count). The van der Waals surface area contributed by atoms with Crippen molar-refractivity contribution in [3.8, 4) is 0 Å². The predicted molar refractivity (Wildman–Crippen MR) is 51.2 cm³/mol. The molecular formula is C11H15N. The summed E-state index contributed by atoms with van der Waals surface area (Å²) in [5.41, 5.74) is 3.21. The van der Waals surface area contributed by atoms with Crippen molar-refractivity contribution >= 4 is 0 Å². The Hall–Kier alpha value is -0.820. The lowest BCUT2D eigenvalue weighted by Crippen LogP contribution is -2.10. The highest BCUT2D eigenvalue weighted by molar-refractivity contribution is 5.36. The van der Waals surface area contributed by atoms with E-state index in [2.05, 4.69) is 50.1 Å². The number of likely N-dealkylation sites (N-methyl/N-ethyl adjacent to an activating group) is 1. The molecule has 0 bridgehead atoms. The third-order valence-corrected chi connectivity index (χ3v) is 3.01. The second-order valence-electron chi connectivity index (χ2n) is 3.94. The summed E-state index contributed by atoms with van der Waals surface area (Å²) in [5, 5.41) is 0. The summed E-state index contributed by atoms with van der Waals surface area (Å²) >= 11 is 0. The Morgan fingerprint density at radius 2 is 1.92 bits per heavy atom. The van der Waals surface area contributed by atoms with Crippen molar-refractivity contribution in [3.05, 3.63) is 35.4 Å². The maximum absolute atomic E-state index is 2.37. The van der Waals surface area contributed by atoms with Crippen molar-refractivity contribution in [1.29, 1.82) is 0 Å². The molecule has 1 aliphatic rings. The van der Waals surface area contributed by atoms with Gasteiger partial charge in [0.2, 0.25) is 0 Å². The summed E-state index contributed by atoms with van der Waals surface area (Å²) in [5.74, 6) is 0. The van der Waals surface area contributed by atoms with Crippen LogP contribution in [-0.2, 0) is 5.54 Å². The van der Waals surface area contributed by atoms with Crippen LogP contribution in [0.3, 0.4) is 0 Å². The summed E-state index contributed by atoms with van der Waals surface area (Å²) in [7, 11) is 2.17. The van der Waals surface area contributed by atoms with Gasteiger partial charge in [-0.2, -0.15) is 0 Å². The second-order valence-corrected chi connectivity index (χ2v) is 3.94. The van der Waals surface area contributed by atoms with Gasteiger partial charge in [-0.25, -0.2) is 0 Å². The Labute approximate surface area is 74.0 Å². The van der Waals surface area contributed by atoms with Gasteiger partial charge in [0.15, 0.2) is 0 Å². The van der Waals surface area contributed by atoms with Crippen LogP contribution in [-0.4, -0.2) is 18.5 Å². The van der Waals surface area contributed by atoms with E-state index in [4.69, 9.17) is 0 Å². The molecule has 0 amide bonds. The molecule has 0 spiro atoms. The van der Waals surface area contributed by atoms with Gasteiger partial charge < -0.3 is 0 Å². The molecule has 0 saturated carbocycles. The minimum absolute atomic E-state index is 0.325. The quantitative estimate of drug-likeness (QED) is 0.570. The highest BCUT2D eigenvalue weighted by Gasteiger charge is 2.46. The van der Waals surface area contributed by atoms with E-state index >= 15 is 0 Å². The number of hydrogen-bond donors (Lipinski definition) is 0. The number of rotatable bonds is 1. The first kappa shape index (κ1) is 7.81. The zero-order valence-electron chi connectivity index (χ0n) is 7.96. The van der Waals surface area contributed by atoms with Gasteiger partial charge in [-0.15, -0.1) is 0 Å². The van der Waals surface area contributed by atoms with Crippen molar-refractivity contribution in [3.63, 3.8) is 0 Å². The van der Waals surface area contributed by atoms with Gasteiger partial charge in [0.05, 0.1) is 5.54 Å². The maximum atomic E-state index is 2.37. The van der Waals surface area contributed by atoms with Crippen molar-refractivity contribution in [1.82, 2.24) is 4.90 Å². The Bertz CT molecular complexity index is 306. The van der Waals surface area contributed by atoms with Crippen LogP contribution < -0.4 is 0 Å². The molecule has 1 heterocycles. The largest absolute Gasteiger partial charge is 0.294 e. The molecule has 64 valence electrons. The first-order chi connectivity index (χ1) is 5.64. The van der Waals surface area contributed by atoms with Crippen LogP contribution in [0.5, 0.6) is 0 Å². The van der Waals surface area contributed by atoms with Gasteiger partial charge in [0, 0.05) is 6.54 Å². The third-order valence-electron chi connectivity index (χ3n) is 3.01. The van der Waals surface area contributed by atoms with E-state index in [1.165, 1.54) is 17.7 Å². The fraction of sp³-hybridized carbons (Fsp3) is 0.455. The second kappa shape index (κ2) is 2.33. The fourth-order valence-electron chi connectivity index (χ4n) is 1.89. The lowest BCUT2D eigenvalue weighted by molar-refractivity contribution is 0.513. The fourth-order valence-corrected chi connectivity index (χ4v) is 1.89. The molecule has 1 nitrogen and oxygen atoms in total. The van der Waals surface area contributed by atoms with Crippen LogP contribution in [0.1, 0.15) is 18.1 Å². The molecule has 12 heavy (non-hydrogen) atoms. The topological polar surface area (TPSA) is 3.01 Å². The van der Waals surface area contributed by atoms with E-state index in [9.17, 15) is 0 Å². The summed E-state index contributed by atoms with van der Waals surface area (Å²) in [4.78, 5) is 2.37. The summed E-state index contributed by atoms with van der Waals surface area (Å²) in [6.07, 6.45) is 0. The third kappa shape index (κ3) is 0.969. The minimum atomic E-state index is 0.325. The Kier molecular flexibility index (Phi) is 1.52. The van der Waals surface area contributed by atoms with Crippen LogP contribution >= 0.6 is 0 Å². The van der Waals surface area contributed by atoms with Crippen LogP contribution in [0.4, 0.5) is 0 Å². The van der Waals surface area contributed by atoms with Gasteiger partial charge in [-0.05, 0) is 32.0 Å². The number of nitrogens with zero attached hydrogens (tertiary/aromatic N) is 1. The van der Waals surface area contributed by atoms with Gasteiger partial charge in [0.1, 0.15) is 0 Å². The van der Waals surface area contributed by atoms with Crippen molar-refractivity contribution < 1.29 is 0 Å². The molecule has 1 heteroatoms. The van der Waals surface area contributed by atoms with E-state index in [0.29, 0.717) is 5.54 Å². The molecule has 1 saturated heterocycles. The van der Waals surface area contributed by atoms with E-state index in [0.717, 1.165) is 0 Å². The van der Waals surface area contributed by atoms with Crippen molar-refractivity contribution in [2.75, 3.05) is 13.6 Å². The molecule has 0 aliphatic carbocycles. The summed E-state index contributed by atoms with van der Waals surface area (Å²) in [6, 6.07) is 8.65. The zero-order chi connectivity index (χ0) is 8.77. The average molecular weight is 161 g/mol. The Balaban J connectivity index is 2.41. The highest BCUT2D eigenvalue weighted by Crippen LogP contribution is 2.41. The first-order valence-corrected chi connectivity index (χ1v) is 4.42. The van der Waals surface area contributed by atoms with E-state index < -0.39 is 0 Å². The van der Waals surface area contributed by atoms with Gasteiger partial charge >= 0.3 is 0 Å². The maximum Gasteiger partial charge on any atom is 0.0560 e. The van der Waals surface area contributed by atoms with Crippen molar-refractivity contribution in [2.45, 2.75) is 19.4 Å². The molecule has 0 aromatic heterocycles. The number of benzene rings is 1. The smallest absolute Gasteiger partial charge is 0.0560 e. The lowest BCUT2D eigenvalue weighted by Gasteiger charge is -2.12. The van der Waals surface area contributed by atoms with E-state index in [1.54, 1.807) is 0 Å². The Morgan fingerprint density at radius 1 is 1.33 bits per heavy atom. The van der Waals surface area contributed by atoms with Crippen LogP contribution in [0.15, 0.2) is 24.3 Å².